The van der Waals surface area contributed by atoms with Gasteiger partial charge in [-0.1, -0.05) is 6.07 Å². The molecule has 0 bridgehead atoms. The Kier molecular flexibility index (Phi) is 6.32. The first kappa shape index (κ1) is 23.6. The monoisotopic (exact) mass is 484 g/mol. The molecule has 4 aromatic rings. The Bertz CT molecular complexity index is 1430. The van der Waals surface area contributed by atoms with Crippen molar-refractivity contribution in [3.8, 4) is 17.3 Å². The van der Waals surface area contributed by atoms with E-state index >= 15 is 0 Å². The quantitative estimate of drug-likeness (QED) is 0.397. The minimum absolute atomic E-state index is 0.0373. The first-order chi connectivity index (χ1) is 16.6. The zero-order valence-corrected chi connectivity index (χ0v) is 18.0. The first-order valence-electron chi connectivity index (χ1n) is 10.1. The SMILES string of the molecule is Cc1cc(=O)c(C(=O)Nc2ccc(Oc3ccc(F)cc3)nc2)nn1-c1cccc(C(F)(F)F)c1. The molecule has 0 aliphatic carbocycles. The van der Waals surface area contributed by atoms with Crippen molar-refractivity contribution < 1.29 is 27.1 Å². The van der Waals surface area contributed by atoms with Crippen molar-refractivity contribution in [1.29, 1.82) is 0 Å². The number of nitrogens with one attached hydrogen (secondary N) is 1. The summed E-state index contributed by atoms with van der Waals surface area (Å²) in [6, 6.07) is 13.7. The number of nitrogens with zero attached hydrogens (tertiary/aromatic N) is 3. The second-order valence-electron chi connectivity index (χ2n) is 7.35. The number of alkyl halides is 3. The summed E-state index contributed by atoms with van der Waals surface area (Å²) in [4.78, 5) is 29.1. The molecule has 0 saturated carbocycles. The number of ether oxygens (including phenoxy) is 1. The minimum atomic E-state index is -4.57. The summed E-state index contributed by atoms with van der Waals surface area (Å²) in [5.74, 6) is -0.755. The predicted octanol–water partition coefficient (Wildman–Crippen LogP) is 5.14. The molecule has 0 saturated heterocycles. The molecule has 178 valence electrons. The van der Waals surface area contributed by atoms with Crippen LogP contribution in [0.15, 0.2) is 77.7 Å². The van der Waals surface area contributed by atoms with E-state index in [9.17, 15) is 27.2 Å². The fourth-order valence-electron chi connectivity index (χ4n) is 3.11. The third-order valence-corrected chi connectivity index (χ3v) is 4.77. The Morgan fingerprint density at radius 2 is 1.77 bits per heavy atom. The molecular formula is C24H16F4N4O3. The molecule has 2 aromatic carbocycles. The highest BCUT2D eigenvalue weighted by molar-refractivity contribution is 6.02. The summed E-state index contributed by atoms with van der Waals surface area (Å²) in [5, 5.41) is 6.46. The molecule has 2 heterocycles. The summed E-state index contributed by atoms with van der Waals surface area (Å²) in [6.07, 6.45) is -3.29. The highest BCUT2D eigenvalue weighted by Crippen LogP contribution is 2.30. The van der Waals surface area contributed by atoms with Crippen molar-refractivity contribution in [2.45, 2.75) is 13.1 Å². The van der Waals surface area contributed by atoms with Gasteiger partial charge in [0.05, 0.1) is 23.1 Å². The van der Waals surface area contributed by atoms with E-state index in [0.717, 1.165) is 22.9 Å². The second-order valence-corrected chi connectivity index (χ2v) is 7.35. The van der Waals surface area contributed by atoms with Crippen LogP contribution in [0.4, 0.5) is 23.2 Å². The largest absolute Gasteiger partial charge is 0.439 e. The van der Waals surface area contributed by atoms with Gasteiger partial charge in [-0.15, -0.1) is 0 Å². The predicted molar refractivity (Wildman–Crippen MR) is 118 cm³/mol. The smallest absolute Gasteiger partial charge is 0.416 e. The van der Waals surface area contributed by atoms with Gasteiger partial charge in [0.2, 0.25) is 11.3 Å². The van der Waals surface area contributed by atoms with Gasteiger partial charge in [0.1, 0.15) is 11.6 Å². The molecule has 4 rings (SSSR count). The van der Waals surface area contributed by atoms with Crippen molar-refractivity contribution in [3.05, 3.63) is 106 Å². The van der Waals surface area contributed by atoms with Gasteiger partial charge in [-0.2, -0.15) is 18.3 Å². The fourth-order valence-corrected chi connectivity index (χ4v) is 3.11. The van der Waals surface area contributed by atoms with Crippen LogP contribution in [0, 0.1) is 12.7 Å². The number of anilines is 1. The maximum absolute atomic E-state index is 13.1. The van der Waals surface area contributed by atoms with Gasteiger partial charge in [0.15, 0.2) is 5.69 Å². The lowest BCUT2D eigenvalue weighted by Crippen LogP contribution is -2.27. The van der Waals surface area contributed by atoms with Crippen LogP contribution in [0.1, 0.15) is 21.7 Å². The number of aryl methyl sites for hydroxylation is 1. The van der Waals surface area contributed by atoms with Gasteiger partial charge in [0.25, 0.3) is 5.91 Å². The Balaban J connectivity index is 1.55. The highest BCUT2D eigenvalue weighted by atomic mass is 19.4. The summed E-state index contributed by atoms with van der Waals surface area (Å²) >= 11 is 0. The molecule has 35 heavy (non-hydrogen) atoms. The maximum atomic E-state index is 13.1. The van der Waals surface area contributed by atoms with Crippen LogP contribution in [0.25, 0.3) is 5.69 Å². The summed E-state index contributed by atoms with van der Waals surface area (Å²) in [6.45, 7) is 1.49. The van der Waals surface area contributed by atoms with Crippen LogP contribution in [0.2, 0.25) is 0 Å². The number of benzene rings is 2. The average molecular weight is 484 g/mol. The Hall–Kier alpha value is -4.54. The molecule has 0 radical (unpaired) electrons. The molecular weight excluding hydrogens is 468 g/mol. The topological polar surface area (TPSA) is 86.1 Å². The lowest BCUT2D eigenvalue weighted by Gasteiger charge is -2.13. The Labute approximate surface area is 195 Å². The highest BCUT2D eigenvalue weighted by Gasteiger charge is 2.30. The molecule has 0 unspecified atom stereocenters. The minimum Gasteiger partial charge on any atom is -0.439 e. The van der Waals surface area contributed by atoms with Crippen LogP contribution >= 0.6 is 0 Å². The van der Waals surface area contributed by atoms with Gasteiger partial charge in [-0.3, -0.25) is 9.59 Å². The van der Waals surface area contributed by atoms with Crippen molar-refractivity contribution in [3.63, 3.8) is 0 Å². The molecule has 1 N–H and O–H groups in total. The maximum Gasteiger partial charge on any atom is 0.416 e. The third kappa shape index (κ3) is 5.52. The molecule has 0 atom stereocenters. The molecule has 11 heteroatoms. The van der Waals surface area contributed by atoms with E-state index in [1.807, 2.05) is 0 Å². The van der Waals surface area contributed by atoms with E-state index in [-0.39, 0.29) is 22.9 Å². The molecule has 0 fully saturated rings. The van der Waals surface area contributed by atoms with Gasteiger partial charge in [-0.25, -0.2) is 14.1 Å². The molecule has 0 aliphatic rings. The van der Waals surface area contributed by atoms with Crippen LogP contribution in [0.5, 0.6) is 11.6 Å². The van der Waals surface area contributed by atoms with E-state index in [2.05, 4.69) is 15.4 Å². The first-order valence-corrected chi connectivity index (χ1v) is 10.1. The molecule has 7 nitrogen and oxygen atoms in total. The van der Waals surface area contributed by atoms with Crippen LogP contribution in [0.3, 0.4) is 0 Å². The number of carbonyl (C=O) groups excluding carboxylic acids is 1. The van der Waals surface area contributed by atoms with Crippen LogP contribution in [-0.2, 0) is 6.18 Å². The van der Waals surface area contributed by atoms with Crippen LogP contribution in [-0.4, -0.2) is 20.7 Å². The Morgan fingerprint density at radius 3 is 2.43 bits per heavy atom. The number of hydrogen-bond donors (Lipinski definition) is 1. The second kappa shape index (κ2) is 9.37. The number of halogens is 4. The number of pyridine rings is 1. The lowest BCUT2D eigenvalue weighted by atomic mass is 10.2. The van der Waals surface area contributed by atoms with Crippen LogP contribution < -0.4 is 15.5 Å². The average Bonchev–Trinajstić information content (AvgIpc) is 2.81. The number of amides is 1. The van der Waals surface area contributed by atoms with E-state index in [4.69, 9.17) is 4.74 Å². The van der Waals surface area contributed by atoms with E-state index < -0.39 is 34.6 Å². The van der Waals surface area contributed by atoms with E-state index in [1.54, 1.807) is 0 Å². The summed E-state index contributed by atoms with van der Waals surface area (Å²) in [7, 11) is 0. The van der Waals surface area contributed by atoms with Gasteiger partial charge in [0, 0.05) is 17.8 Å². The number of hydrogen-bond acceptors (Lipinski definition) is 5. The van der Waals surface area contributed by atoms with E-state index in [0.29, 0.717) is 5.75 Å². The standard InChI is InChI=1S/C24H16F4N4O3/c1-14-11-20(33)22(31-32(14)18-4-2-3-15(12-18)24(26,27)28)23(34)30-17-7-10-21(29-13-17)35-19-8-5-16(25)6-9-19/h2-13H,1H3,(H,30,34). The molecule has 0 aliphatic heterocycles. The molecule has 1 amide bonds. The lowest BCUT2D eigenvalue weighted by molar-refractivity contribution is -0.137. The van der Waals surface area contributed by atoms with Gasteiger partial charge >= 0.3 is 6.18 Å². The van der Waals surface area contributed by atoms with E-state index in [1.165, 1.54) is 61.7 Å². The van der Waals surface area contributed by atoms with Gasteiger partial charge in [-0.05, 0) is 55.5 Å². The normalized spacial score (nSPS) is 11.2. The zero-order chi connectivity index (χ0) is 25.2. The van der Waals surface area contributed by atoms with Crippen molar-refractivity contribution in [2.75, 3.05) is 5.32 Å². The van der Waals surface area contributed by atoms with Gasteiger partial charge < -0.3 is 10.1 Å². The number of aromatic nitrogens is 3. The summed E-state index contributed by atoms with van der Waals surface area (Å²) < 4.78 is 58.8. The Morgan fingerprint density at radius 1 is 1.03 bits per heavy atom. The van der Waals surface area contributed by atoms with Crippen molar-refractivity contribution in [2.24, 2.45) is 0 Å². The molecule has 2 aromatic heterocycles. The number of rotatable bonds is 5. The summed E-state index contributed by atoms with van der Waals surface area (Å²) in [5.41, 5.74) is -1.61. The third-order valence-electron chi connectivity index (χ3n) is 4.77. The fraction of sp³-hybridized carbons (Fsp3) is 0.0833. The zero-order valence-electron chi connectivity index (χ0n) is 18.0. The number of carbonyl (C=O) groups is 1. The van der Waals surface area contributed by atoms with Crippen molar-refractivity contribution in [1.82, 2.24) is 14.8 Å². The molecule has 0 spiro atoms. The van der Waals surface area contributed by atoms with Crippen molar-refractivity contribution >= 4 is 11.6 Å².